The third-order valence-corrected chi connectivity index (χ3v) is 8.73. The molecule has 6 rings (SSSR count). The van der Waals surface area contributed by atoms with Crippen molar-refractivity contribution in [3.63, 3.8) is 0 Å². The Balaban J connectivity index is 1.37. The number of thiocarbonyl (C=S) groups is 1. The van der Waals surface area contributed by atoms with Gasteiger partial charge in [0.2, 0.25) is 0 Å². The van der Waals surface area contributed by atoms with Crippen LogP contribution in [-0.2, 0) is 11.3 Å². The lowest BCUT2D eigenvalue weighted by atomic mass is 9.91. The highest BCUT2D eigenvalue weighted by Crippen LogP contribution is 2.44. The second-order valence-electron chi connectivity index (χ2n) is 11.2. The number of hydrogen-bond donors (Lipinski definition) is 1. The van der Waals surface area contributed by atoms with E-state index >= 15 is 0 Å². The third-order valence-electron chi connectivity index (χ3n) is 8.11. The summed E-state index contributed by atoms with van der Waals surface area (Å²) >= 11 is 13.0. The molecule has 3 saturated heterocycles. The topological polar surface area (TPSA) is 45.6 Å². The van der Waals surface area contributed by atoms with Gasteiger partial charge in [-0.25, -0.2) is 0 Å². The number of halogens is 1. The number of benzene rings is 1. The molecule has 6 nitrogen and oxygen atoms in total. The average Bonchev–Trinajstić information content (AvgIpc) is 3.65. The van der Waals surface area contributed by atoms with Crippen molar-refractivity contribution in [2.75, 3.05) is 29.5 Å². The number of piperidine rings is 1. The van der Waals surface area contributed by atoms with E-state index in [1.54, 1.807) is 0 Å². The van der Waals surface area contributed by atoms with Crippen LogP contribution in [0.4, 0.5) is 11.4 Å². The van der Waals surface area contributed by atoms with E-state index in [-0.39, 0.29) is 18.2 Å². The van der Waals surface area contributed by atoms with Gasteiger partial charge in [0.1, 0.15) is 6.04 Å². The van der Waals surface area contributed by atoms with Gasteiger partial charge in [-0.3, -0.25) is 4.98 Å². The number of rotatable bonds is 6. The van der Waals surface area contributed by atoms with Gasteiger partial charge in [0.15, 0.2) is 5.11 Å². The van der Waals surface area contributed by atoms with Crippen molar-refractivity contribution in [3.05, 3.63) is 77.3 Å². The first-order chi connectivity index (χ1) is 18.5. The molecule has 1 N–H and O–H groups in total. The summed E-state index contributed by atoms with van der Waals surface area (Å²) in [5, 5.41) is 5.03. The van der Waals surface area contributed by atoms with Crippen LogP contribution in [0.5, 0.6) is 0 Å². The molecule has 0 amide bonds. The highest BCUT2D eigenvalue weighted by atomic mass is 35.5. The van der Waals surface area contributed by atoms with E-state index in [0.29, 0.717) is 16.9 Å². The smallest absolute Gasteiger partial charge is 0.174 e. The Morgan fingerprint density at radius 2 is 1.95 bits per heavy atom. The maximum atomic E-state index is 6.99. The monoisotopic (exact) mass is 549 g/mol. The number of pyridine rings is 1. The Morgan fingerprint density at radius 3 is 2.66 bits per heavy atom. The van der Waals surface area contributed by atoms with Crippen LogP contribution in [0.15, 0.2) is 60.9 Å². The molecule has 3 aliphatic heterocycles. The summed E-state index contributed by atoms with van der Waals surface area (Å²) in [5.74, 6) is 1.31. The minimum absolute atomic E-state index is 0.0780. The maximum absolute atomic E-state index is 6.99. The normalized spacial score (nSPS) is 27.7. The minimum atomic E-state index is -0.0934. The van der Waals surface area contributed by atoms with Gasteiger partial charge in [0.05, 0.1) is 28.5 Å². The zero-order valence-corrected chi connectivity index (χ0v) is 23.7. The van der Waals surface area contributed by atoms with Crippen molar-refractivity contribution in [3.8, 4) is 0 Å². The number of anilines is 2. The number of nitrogens with zero attached hydrogens (tertiary/aromatic N) is 4. The van der Waals surface area contributed by atoms with Crippen molar-refractivity contribution < 1.29 is 4.74 Å². The van der Waals surface area contributed by atoms with Crippen LogP contribution in [0.1, 0.15) is 56.6 Å². The number of ether oxygens (including phenoxy) is 1. The van der Waals surface area contributed by atoms with Crippen molar-refractivity contribution in [1.82, 2.24) is 14.9 Å². The van der Waals surface area contributed by atoms with Crippen LogP contribution in [0.3, 0.4) is 0 Å². The minimum Gasteiger partial charge on any atom is -0.376 e. The number of aromatic nitrogens is 2. The summed E-state index contributed by atoms with van der Waals surface area (Å²) in [6.45, 7) is 8.40. The summed E-state index contributed by atoms with van der Waals surface area (Å²) < 4.78 is 8.30. The fraction of sp³-hybridized carbons (Fsp3) is 0.467. The zero-order chi connectivity index (χ0) is 26.2. The molecule has 3 aliphatic rings. The second-order valence-corrected chi connectivity index (χ2v) is 12.0. The Labute approximate surface area is 235 Å². The number of hydrogen-bond acceptors (Lipinski definition) is 4. The third kappa shape index (κ3) is 5.04. The lowest BCUT2D eigenvalue weighted by molar-refractivity contribution is 0.0961. The van der Waals surface area contributed by atoms with E-state index in [1.807, 2.05) is 18.3 Å². The summed E-state index contributed by atoms with van der Waals surface area (Å²) in [5.41, 5.74) is 4.24. The lowest BCUT2D eigenvalue weighted by Crippen LogP contribution is -2.39. The van der Waals surface area contributed by atoms with Crippen molar-refractivity contribution in [2.45, 2.75) is 57.8 Å². The molecule has 0 spiro atoms. The van der Waals surface area contributed by atoms with E-state index in [4.69, 9.17) is 33.5 Å². The molecular formula is C30H36ClN5OS. The quantitative estimate of drug-likeness (QED) is 0.360. The van der Waals surface area contributed by atoms with Gasteiger partial charge in [-0.1, -0.05) is 31.5 Å². The van der Waals surface area contributed by atoms with Crippen LogP contribution in [0.2, 0.25) is 5.02 Å². The molecule has 5 atom stereocenters. The Morgan fingerprint density at radius 1 is 1.11 bits per heavy atom. The maximum Gasteiger partial charge on any atom is 0.174 e. The van der Waals surface area contributed by atoms with Gasteiger partial charge in [-0.2, -0.15) is 0 Å². The standard InChI is InChI=1S/C30H36ClN5OS/c1-20-15-21(2)18-35(17-20)26-11-10-22(16-24(26)31)36-29(28(33-30(36)38)25-8-3-4-12-32-25)27-9-5-13-34(27)19-23-7-6-14-37-23/h3-5,8-13,16,20-21,23,28-29H,6-7,14-15,17-19H2,1-2H3,(H,33,38)/t20-,21+,23-,28-,29-/m1/s1. The molecule has 3 fully saturated rings. The first kappa shape index (κ1) is 25.7. The Kier molecular flexibility index (Phi) is 7.34. The molecule has 8 heteroatoms. The summed E-state index contributed by atoms with van der Waals surface area (Å²) in [7, 11) is 0. The second kappa shape index (κ2) is 10.9. The molecular weight excluding hydrogens is 514 g/mol. The Hall–Kier alpha value is -2.61. The molecule has 38 heavy (non-hydrogen) atoms. The predicted molar refractivity (Wildman–Crippen MR) is 158 cm³/mol. The largest absolute Gasteiger partial charge is 0.376 e. The van der Waals surface area contributed by atoms with Gasteiger partial charge in [-0.15, -0.1) is 0 Å². The zero-order valence-electron chi connectivity index (χ0n) is 22.1. The fourth-order valence-corrected chi connectivity index (χ4v) is 7.21. The molecule has 1 aromatic carbocycles. The van der Waals surface area contributed by atoms with Crippen molar-refractivity contribution in [1.29, 1.82) is 0 Å². The molecule has 2 aromatic heterocycles. The SMILES string of the molecule is C[C@@H]1C[C@H](C)CN(c2ccc(N3C(=S)N[C@H](c4ccccn4)[C@H]3c3cccn3C[C@H]3CCCO3)cc2Cl)C1. The van der Waals surface area contributed by atoms with Crippen LogP contribution >= 0.6 is 23.8 Å². The molecule has 5 heterocycles. The van der Waals surface area contributed by atoms with Crippen LogP contribution in [0.25, 0.3) is 0 Å². The van der Waals surface area contributed by atoms with Crippen LogP contribution in [0, 0.1) is 11.8 Å². The first-order valence-corrected chi connectivity index (χ1v) is 14.6. The van der Waals surface area contributed by atoms with Crippen molar-refractivity contribution in [2.24, 2.45) is 11.8 Å². The van der Waals surface area contributed by atoms with Crippen molar-refractivity contribution >= 4 is 40.3 Å². The van der Waals surface area contributed by atoms with E-state index in [9.17, 15) is 0 Å². The molecule has 0 unspecified atom stereocenters. The molecule has 0 bridgehead atoms. The molecule has 0 radical (unpaired) electrons. The fourth-order valence-electron chi connectivity index (χ4n) is 6.56. The summed E-state index contributed by atoms with van der Waals surface area (Å²) in [6.07, 6.45) is 7.72. The molecule has 200 valence electrons. The van der Waals surface area contributed by atoms with Gasteiger partial charge < -0.3 is 24.4 Å². The highest BCUT2D eigenvalue weighted by Gasteiger charge is 2.42. The van der Waals surface area contributed by atoms with Crippen LogP contribution < -0.4 is 15.1 Å². The lowest BCUT2D eigenvalue weighted by Gasteiger charge is -2.37. The van der Waals surface area contributed by atoms with Crippen LogP contribution in [-0.4, -0.2) is 40.5 Å². The van der Waals surface area contributed by atoms with E-state index in [2.05, 4.69) is 76.1 Å². The van der Waals surface area contributed by atoms with Gasteiger partial charge in [0.25, 0.3) is 0 Å². The summed E-state index contributed by atoms with van der Waals surface area (Å²) in [4.78, 5) is 9.36. The number of nitrogens with one attached hydrogen (secondary N) is 1. The highest BCUT2D eigenvalue weighted by molar-refractivity contribution is 7.80. The summed E-state index contributed by atoms with van der Waals surface area (Å²) in [6, 6.07) is 16.6. The predicted octanol–water partition coefficient (Wildman–Crippen LogP) is 6.37. The Bertz CT molecular complexity index is 1270. The molecule has 3 aromatic rings. The van der Waals surface area contributed by atoms with Gasteiger partial charge >= 0.3 is 0 Å². The van der Waals surface area contributed by atoms with Gasteiger partial charge in [-0.05, 0) is 85.8 Å². The van der Waals surface area contributed by atoms with E-state index < -0.39 is 0 Å². The first-order valence-electron chi connectivity index (χ1n) is 13.8. The molecule has 0 aliphatic carbocycles. The van der Waals surface area contributed by atoms with E-state index in [1.165, 1.54) is 12.1 Å². The van der Waals surface area contributed by atoms with Gasteiger partial charge in [0, 0.05) is 50.0 Å². The molecule has 0 saturated carbocycles. The average molecular weight is 550 g/mol. The van der Waals surface area contributed by atoms with E-state index in [0.717, 1.165) is 61.2 Å².